The van der Waals surface area contributed by atoms with Crippen molar-refractivity contribution in [3.63, 3.8) is 0 Å². The van der Waals surface area contributed by atoms with Gasteiger partial charge < -0.3 is 69.3 Å². The molecule has 15 nitrogen and oxygen atoms in total. The fourth-order valence-electron chi connectivity index (χ4n) is 4.79. The van der Waals surface area contributed by atoms with Crippen molar-refractivity contribution in [1.82, 2.24) is 0 Å². The highest BCUT2D eigenvalue weighted by Crippen LogP contribution is 2.37. The second kappa shape index (κ2) is 11.6. The Hall–Kier alpha value is -3.51. The largest absolute Gasteiger partial charge is 0.508 e. The molecule has 1 aromatic heterocycles. The van der Waals surface area contributed by atoms with Gasteiger partial charge in [-0.15, -0.1) is 0 Å². The first-order valence-electron chi connectivity index (χ1n) is 12.9. The van der Waals surface area contributed by atoms with Crippen LogP contribution in [0.5, 0.6) is 23.0 Å². The van der Waals surface area contributed by atoms with E-state index in [1.807, 2.05) is 0 Å². The van der Waals surface area contributed by atoms with Crippen LogP contribution in [0, 0.1) is 0 Å². The number of aromatic hydroxyl groups is 3. The van der Waals surface area contributed by atoms with Gasteiger partial charge in [-0.3, -0.25) is 4.79 Å². The van der Waals surface area contributed by atoms with Gasteiger partial charge in [-0.25, -0.2) is 0 Å². The van der Waals surface area contributed by atoms with Crippen molar-refractivity contribution in [1.29, 1.82) is 0 Å². The fourth-order valence-corrected chi connectivity index (χ4v) is 4.79. The van der Waals surface area contributed by atoms with Crippen molar-refractivity contribution in [2.75, 3.05) is 6.61 Å². The number of hydrogen-bond donors (Lipinski definition) is 9. The molecule has 2 fully saturated rings. The van der Waals surface area contributed by atoms with Crippen molar-refractivity contribution < 1.29 is 69.3 Å². The van der Waals surface area contributed by atoms with Crippen LogP contribution in [0.4, 0.5) is 0 Å². The zero-order valence-electron chi connectivity index (χ0n) is 21.9. The average molecular weight is 595 g/mol. The fraction of sp³-hybridized carbons (Fsp3) is 0.444. The van der Waals surface area contributed by atoms with Crippen LogP contribution >= 0.6 is 0 Å². The molecule has 0 unspecified atom stereocenters. The maximum Gasteiger partial charge on any atom is 0.239 e. The third-order valence-electron chi connectivity index (χ3n) is 7.18. The van der Waals surface area contributed by atoms with Crippen molar-refractivity contribution in [3.05, 3.63) is 46.6 Å². The van der Waals surface area contributed by atoms with E-state index in [-0.39, 0.29) is 28.0 Å². The van der Waals surface area contributed by atoms with Crippen LogP contribution in [-0.2, 0) is 14.2 Å². The van der Waals surface area contributed by atoms with Gasteiger partial charge >= 0.3 is 0 Å². The van der Waals surface area contributed by atoms with E-state index >= 15 is 0 Å². The van der Waals surface area contributed by atoms with Gasteiger partial charge in [-0.2, -0.15) is 0 Å². The van der Waals surface area contributed by atoms with Crippen molar-refractivity contribution >= 4 is 11.0 Å². The van der Waals surface area contributed by atoms with Gasteiger partial charge in [0.2, 0.25) is 17.5 Å². The SMILES string of the molecule is C[C@@H]1O[C@@H](OC[C@H]2O[C@@H](Oc3c(-c4ccc(O)cc4)oc4cc(O)cc(O)c4c3=O)[C@H](O)[C@@H](O)[C@@H]2O)[C@H](O)[C@H](O)[C@H]1O. The van der Waals surface area contributed by atoms with E-state index in [0.29, 0.717) is 0 Å². The van der Waals surface area contributed by atoms with Crippen molar-refractivity contribution in [2.24, 2.45) is 0 Å². The second-order valence-corrected chi connectivity index (χ2v) is 10.1. The minimum atomic E-state index is -1.92. The van der Waals surface area contributed by atoms with E-state index in [1.54, 1.807) is 0 Å². The molecule has 2 aliphatic rings. The molecule has 0 radical (unpaired) electrons. The highest BCUT2D eigenvalue weighted by molar-refractivity contribution is 5.88. The first kappa shape index (κ1) is 30.0. The molecule has 0 saturated carbocycles. The Balaban J connectivity index is 1.46. The lowest BCUT2D eigenvalue weighted by atomic mass is 9.98. The minimum Gasteiger partial charge on any atom is -0.508 e. The molecule has 42 heavy (non-hydrogen) atoms. The predicted octanol–water partition coefficient (Wildman–Crippen LogP) is -1.39. The van der Waals surface area contributed by atoms with Crippen LogP contribution < -0.4 is 10.2 Å². The number of rotatable bonds is 6. The number of phenols is 3. The molecule has 3 heterocycles. The maximum absolute atomic E-state index is 13.5. The molecule has 2 aromatic carbocycles. The highest BCUT2D eigenvalue weighted by Gasteiger charge is 2.47. The standard InChI is InChI=1S/C27H30O15/c1-9-17(31)20(34)22(36)26(39-9)38-8-15-18(32)21(35)23(37)27(41-15)42-25-19(33)16-13(30)6-12(29)7-14(16)40-24(25)10-2-4-11(28)5-3-10/h2-7,9,15,17-18,20-23,26-32,34-37H,8H2,1H3/t9-,15+,17-,18+,20+,21-,22+,23+,26+,27-/m0/s1. The molecular weight excluding hydrogens is 564 g/mol. The molecule has 15 heteroatoms. The van der Waals surface area contributed by atoms with Crippen molar-refractivity contribution in [3.8, 4) is 34.3 Å². The average Bonchev–Trinajstić information content (AvgIpc) is 2.95. The van der Waals surface area contributed by atoms with E-state index in [9.17, 15) is 50.8 Å². The van der Waals surface area contributed by atoms with Gasteiger partial charge in [0.1, 0.15) is 70.9 Å². The second-order valence-electron chi connectivity index (χ2n) is 10.1. The molecule has 0 amide bonds. The summed E-state index contributed by atoms with van der Waals surface area (Å²) < 4.78 is 28.0. The van der Waals surface area contributed by atoms with Crippen LogP contribution in [0.25, 0.3) is 22.3 Å². The van der Waals surface area contributed by atoms with Gasteiger partial charge in [0.05, 0.1) is 12.7 Å². The van der Waals surface area contributed by atoms with Gasteiger partial charge in [0.15, 0.2) is 12.1 Å². The molecular formula is C27H30O15. The monoisotopic (exact) mass is 594 g/mol. The summed E-state index contributed by atoms with van der Waals surface area (Å²) in [6.07, 6.45) is -15.8. The molecule has 2 aliphatic heterocycles. The van der Waals surface area contributed by atoms with Crippen LogP contribution in [0.2, 0.25) is 0 Å². The summed E-state index contributed by atoms with van der Waals surface area (Å²) in [5.41, 5.74) is -0.956. The lowest BCUT2D eigenvalue weighted by Gasteiger charge is -2.42. The van der Waals surface area contributed by atoms with Crippen LogP contribution in [0.15, 0.2) is 45.6 Å². The molecule has 3 aromatic rings. The molecule has 0 bridgehead atoms. The topological polar surface area (TPSA) is 249 Å². The number of fused-ring (bicyclic) bond motifs is 1. The summed E-state index contributed by atoms with van der Waals surface area (Å²) in [5, 5.41) is 91.4. The summed E-state index contributed by atoms with van der Waals surface area (Å²) in [7, 11) is 0. The zero-order valence-corrected chi connectivity index (χ0v) is 21.9. The summed E-state index contributed by atoms with van der Waals surface area (Å²) in [4.78, 5) is 13.5. The number of ether oxygens (including phenoxy) is 4. The number of aliphatic hydroxyl groups excluding tert-OH is 6. The Labute approximate surface area is 236 Å². The van der Waals surface area contributed by atoms with Crippen LogP contribution in [0.3, 0.4) is 0 Å². The molecule has 10 atom stereocenters. The molecule has 9 N–H and O–H groups in total. The Morgan fingerprint density at radius 2 is 1.40 bits per heavy atom. The third-order valence-corrected chi connectivity index (χ3v) is 7.18. The Kier molecular flexibility index (Phi) is 8.30. The Morgan fingerprint density at radius 1 is 0.762 bits per heavy atom. The number of benzene rings is 2. The normalized spacial score (nSPS) is 33.5. The molecule has 0 spiro atoms. The van der Waals surface area contributed by atoms with E-state index in [4.69, 9.17) is 23.4 Å². The van der Waals surface area contributed by atoms with Crippen LogP contribution in [-0.4, -0.2) is 114 Å². The lowest BCUT2D eigenvalue weighted by molar-refractivity contribution is -0.318. The summed E-state index contributed by atoms with van der Waals surface area (Å²) in [6, 6.07) is 7.33. The maximum atomic E-state index is 13.5. The van der Waals surface area contributed by atoms with E-state index < -0.39 is 90.7 Å². The predicted molar refractivity (Wildman–Crippen MR) is 139 cm³/mol. The van der Waals surface area contributed by atoms with Crippen molar-refractivity contribution in [2.45, 2.75) is 68.3 Å². The first-order chi connectivity index (χ1) is 19.9. The van der Waals surface area contributed by atoms with E-state index in [0.717, 1.165) is 12.1 Å². The quantitative estimate of drug-likeness (QED) is 0.159. The molecule has 0 aliphatic carbocycles. The lowest BCUT2D eigenvalue weighted by Crippen LogP contribution is -2.61. The number of aliphatic hydroxyl groups is 6. The van der Waals surface area contributed by atoms with Crippen LogP contribution in [0.1, 0.15) is 6.92 Å². The van der Waals surface area contributed by atoms with Gasteiger partial charge in [0, 0.05) is 17.7 Å². The number of phenolic OH excluding ortho intramolecular Hbond substituents is 3. The number of hydrogen-bond acceptors (Lipinski definition) is 15. The van der Waals surface area contributed by atoms with Gasteiger partial charge in [-0.05, 0) is 31.2 Å². The highest BCUT2D eigenvalue weighted by atomic mass is 16.7. The molecule has 5 rings (SSSR count). The summed E-state index contributed by atoms with van der Waals surface area (Å²) in [5.74, 6) is -1.97. The minimum absolute atomic E-state index is 0.103. The summed E-state index contributed by atoms with van der Waals surface area (Å²) >= 11 is 0. The third kappa shape index (κ3) is 5.49. The van der Waals surface area contributed by atoms with E-state index in [2.05, 4.69) is 0 Å². The Bertz CT molecular complexity index is 1470. The molecule has 228 valence electrons. The molecule has 2 saturated heterocycles. The Morgan fingerprint density at radius 3 is 2.10 bits per heavy atom. The first-order valence-corrected chi connectivity index (χ1v) is 12.9. The zero-order chi connectivity index (χ0) is 30.5. The summed E-state index contributed by atoms with van der Waals surface area (Å²) in [6.45, 7) is 0.866. The van der Waals surface area contributed by atoms with Gasteiger partial charge in [-0.1, -0.05) is 0 Å². The van der Waals surface area contributed by atoms with E-state index in [1.165, 1.54) is 31.2 Å². The smallest absolute Gasteiger partial charge is 0.239 e. The van der Waals surface area contributed by atoms with Gasteiger partial charge in [0.25, 0.3) is 0 Å².